The van der Waals surface area contributed by atoms with E-state index in [0.29, 0.717) is 24.3 Å². The minimum absolute atomic E-state index is 0.293. The average molecular weight is 353 g/mol. The van der Waals surface area contributed by atoms with Crippen molar-refractivity contribution >= 4 is 5.91 Å². The number of nitrogens with one attached hydrogen (secondary N) is 1. The maximum atomic E-state index is 12.4. The van der Waals surface area contributed by atoms with Gasteiger partial charge in [0.1, 0.15) is 5.82 Å². The molecule has 4 heterocycles. The van der Waals surface area contributed by atoms with Gasteiger partial charge in [0.25, 0.3) is 0 Å². The minimum atomic E-state index is 0.293. The molecular formula is C20H27N5O. The van der Waals surface area contributed by atoms with E-state index < -0.39 is 0 Å². The normalized spacial score (nSPS) is 20.7. The Morgan fingerprint density at radius 1 is 1.15 bits per heavy atom. The summed E-state index contributed by atoms with van der Waals surface area (Å²) in [7, 11) is 0. The number of hydrogen-bond donors (Lipinski definition) is 1. The number of hydrogen-bond acceptors (Lipinski definition) is 4. The largest absolute Gasteiger partial charge is 0.345 e. The number of H-pyrrole nitrogens is 1. The maximum Gasteiger partial charge on any atom is 0.222 e. The van der Waals surface area contributed by atoms with Gasteiger partial charge in [-0.25, -0.2) is 4.98 Å². The van der Waals surface area contributed by atoms with Crippen LogP contribution in [-0.2, 0) is 17.9 Å². The number of carbonyl (C=O) groups excluding carboxylic acids is 1. The number of rotatable bonds is 4. The highest BCUT2D eigenvalue weighted by molar-refractivity contribution is 5.77. The Balaban J connectivity index is 1.36. The summed E-state index contributed by atoms with van der Waals surface area (Å²) in [6.45, 7) is 6.72. The lowest BCUT2D eigenvalue weighted by Gasteiger charge is -2.47. The van der Waals surface area contributed by atoms with E-state index in [4.69, 9.17) is 0 Å². The Bertz CT molecular complexity index is 749. The zero-order valence-corrected chi connectivity index (χ0v) is 15.4. The first-order chi connectivity index (χ1) is 12.6. The number of nitrogens with zero attached hydrogens (tertiary/aromatic N) is 4. The van der Waals surface area contributed by atoms with Crippen LogP contribution in [-0.4, -0.2) is 50.3 Å². The first-order valence-corrected chi connectivity index (χ1v) is 9.51. The van der Waals surface area contributed by atoms with Crippen LogP contribution in [0.4, 0.5) is 0 Å². The van der Waals surface area contributed by atoms with Gasteiger partial charge in [-0.05, 0) is 62.4 Å². The third-order valence-corrected chi connectivity index (χ3v) is 5.94. The summed E-state index contributed by atoms with van der Waals surface area (Å²) >= 11 is 0. The highest BCUT2D eigenvalue weighted by Crippen LogP contribution is 2.40. The van der Waals surface area contributed by atoms with Crippen molar-refractivity contribution in [2.24, 2.45) is 5.41 Å². The second-order valence-corrected chi connectivity index (χ2v) is 7.88. The molecule has 2 saturated heterocycles. The zero-order chi connectivity index (χ0) is 18.0. The molecule has 2 aromatic heterocycles. The van der Waals surface area contributed by atoms with Crippen LogP contribution >= 0.6 is 0 Å². The Morgan fingerprint density at radius 2 is 1.92 bits per heavy atom. The summed E-state index contributed by atoms with van der Waals surface area (Å²) in [6.07, 6.45) is 9.60. The molecule has 2 aliphatic rings. The van der Waals surface area contributed by atoms with Crippen molar-refractivity contribution in [2.45, 2.75) is 45.7 Å². The van der Waals surface area contributed by atoms with E-state index in [1.807, 2.05) is 25.3 Å². The smallest absolute Gasteiger partial charge is 0.222 e. The maximum absolute atomic E-state index is 12.4. The van der Waals surface area contributed by atoms with Gasteiger partial charge in [-0.1, -0.05) is 0 Å². The predicted molar refractivity (Wildman–Crippen MR) is 99.2 cm³/mol. The molecule has 0 aliphatic carbocycles. The fourth-order valence-corrected chi connectivity index (χ4v) is 4.34. The van der Waals surface area contributed by atoms with Crippen LogP contribution in [0.15, 0.2) is 30.7 Å². The van der Waals surface area contributed by atoms with Crippen molar-refractivity contribution < 1.29 is 4.79 Å². The van der Waals surface area contributed by atoms with E-state index in [1.54, 1.807) is 12.4 Å². The lowest BCUT2D eigenvalue weighted by Crippen LogP contribution is -2.51. The molecular weight excluding hydrogens is 326 g/mol. The predicted octanol–water partition coefficient (Wildman–Crippen LogP) is 2.52. The van der Waals surface area contributed by atoms with Gasteiger partial charge < -0.3 is 9.88 Å². The SMILES string of the molecule is Cc1ncc(CN2CCC3(CCC(=O)N(Cc4ccncc4)C3)CC2)[nH]1. The van der Waals surface area contributed by atoms with Gasteiger partial charge >= 0.3 is 0 Å². The lowest BCUT2D eigenvalue weighted by atomic mass is 9.72. The van der Waals surface area contributed by atoms with Crippen LogP contribution in [0.5, 0.6) is 0 Å². The third kappa shape index (κ3) is 3.80. The number of aromatic amines is 1. The standard InChI is InChI=1S/C20H27N5O/c1-16-22-12-18(23-16)14-24-10-6-20(7-11-24)5-2-19(26)25(15-20)13-17-3-8-21-9-4-17/h3-4,8-9,12H,2,5-7,10-11,13-15H2,1H3,(H,22,23). The number of aromatic nitrogens is 3. The zero-order valence-electron chi connectivity index (χ0n) is 15.4. The monoisotopic (exact) mass is 353 g/mol. The Morgan fingerprint density at radius 3 is 2.62 bits per heavy atom. The molecule has 138 valence electrons. The number of carbonyl (C=O) groups is 1. The highest BCUT2D eigenvalue weighted by Gasteiger charge is 2.40. The number of amides is 1. The molecule has 1 N–H and O–H groups in total. The van der Waals surface area contributed by atoms with Crippen molar-refractivity contribution in [3.8, 4) is 0 Å². The third-order valence-electron chi connectivity index (χ3n) is 5.94. The summed E-state index contributed by atoms with van der Waals surface area (Å²) in [4.78, 5) is 28.7. The van der Waals surface area contributed by atoms with E-state index in [9.17, 15) is 4.79 Å². The van der Waals surface area contributed by atoms with Crippen LogP contribution in [0.3, 0.4) is 0 Å². The molecule has 0 unspecified atom stereocenters. The summed E-state index contributed by atoms with van der Waals surface area (Å²) in [6, 6.07) is 4.01. The first kappa shape index (κ1) is 17.2. The lowest BCUT2D eigenvalue weighted by molar-refractivity contribution is -0.140. The summed E-state index contributed by atoms with van der Waals surface area (Å²) in [5.74, 6) is 1.27. The van der Waals surface area contributed by atoms with Gasteiger partial charge in [-0.3, -0.25) is 14.7 Å². The first-order valence-electron chi connectivity index (χ1n) is 9.51. The van der Waals surface area contributed by atoms with Crippen molar-refractivity contribution in [3.63, 3.8) is 0 Å². The molecule has 0 saturated carbocycles. The van der Waals surface area contributed by atoms with E-state index in [0.717, 1.165) is 44.0 Å². The van der Waals surface area contributed by atoms with Crippen LogP contribution < -0.4 is 0 Å². The van der Waals surface area contributed by atoms with E-state index in [2.05, 4.69) is 24.8 Å². The number of piperidine rings is 2. The van der Waals surface area contributed by atoms with Gasteiger partial charge in [-0.15, -0.1) is 0 Å². The molecule has 0 atom stereocenters. The van der Waals surface area contributed by atoms with Crippen molar-refractivity contribution in [1.82, 2.24) is 24.8 Å². The summed E-state index contributed by atoms with van der Waals surface area (Å²) in [5, 5.41) is 0. The van der Waals surface area contributed by atoms with E-state index >= 15 is 0 Å². The molecule has 2 aromatic rings. The van der Waals surface area contributed by atoms with Crippen LogP contribution in [0.1, 0.15) is 42.8 Å². The van der Waals surface area contributed by atoms with Crippen LogP contribution in [0.2, 0.25) is 0 Å². The van der Waals surface area contributed by atoms with Crippen LogP contribution in [0.25, 0.3) is 0 Å². The molecule has 0 bridgehead atoms. The molecule has 6 nitrogen and oxygen atoms in total. The minimum Gasteiger partial charge on any atom is -0.345 e. The summed E-state index contributed by atoms with van der Waals surface area (Å²) in [5.41, 5.74) is 2.65. The van der Waals surface area contributed by atoms with Crippen molar-refractivity contribution in [3.05, 3.63) is 47.8 Å². The number of pyridine rings is 1. The molecule has 4 rings (SSSR count). The van der Waals surface area contributed by atoms with Gasteiger partial charge in [0, 0.05) is 50.3 Å². The number of imidazole rings is 1. The Hall–Kier alpha value is -2.21. The van der Waals surface area contributed by atoms with Crippen LogP contribution in [0, 0.1) is 12.3 Å². The second kappa shape index (κ2) is 7.19. The molecule has 0 aromatic carbocycles. The second-order valence-electron chi connectivity index (χ2n) is 7.88. The molecule has 6 heteroatoms. The van der Waals surface area contributed by atoms with E-state index in [1.165, 1.54) is 18.5 Å². The molecule has 0 radical (unpaired) electrons. The molecule has 2 fully saturated rings. The molecule has 1 spiro atoms. The Kier molecular flexibility index (Phi) is 4.76. The Labute approximate surface area is 154 Å². The average Bonchev–Trinajstić information content (AvgIpc) is 3.06. The van der Waals surface area contributed by atoms with Crippen molar-refractivity contribution in [1.29, 1.82) is 0 Å². The van der Waals surface area contributed by atoms with Crippen molar-refractivity contribution in [2.75, 3.05) is 19.6 Å². The summed E-state index contributed by atoms with van der Waals surface area (Å²) < 4.78 is 0. The van der Waals surface area contributed by atoms with Gasteiger partial charge in [-0.2, -0.15) is 0 Å². The fraction of sp³-hybridized carbons (Fsp3) is 0.550. The topological polar surface area (TPSA) is 65.1 Å². The van der Waals surface area contributed by atoms with Gasteiger partial charge in [0.2, 0.25) is 5.91 Å². The number of aryl methyl sites for hydroxylation is 1. The molecule has 2 aliphatic heterocycles. The molecule has 26 heavy (non-hydrogen) atoms. The molecule has 1 amide bonds. The van der Waals surface area contributed by atoms with E-state index in [-0.39, 0.29) is 0 Å². The van der Waals surface area contributed by atoms with Gasteiger partial charge in [0.05, 0.1) is 0 Å². The highest BCUT2D eigenvalue weighted by atomic mass is 16.2. The number of likely N-dealkylation sites (tertiary alicyclic amines) is 2. The quantitative estimate of drug-likeness (QED) is 0.917. The van der Waals surface area contributed by atoms with Gasteiger partial charge in [0.15, 0.2) is 0 Å². The fourth-order valence-electron chi connectivity index (χ4n) is 4.34.